The third-order valence-corrected chi connectivity index (χ3v) is 4.13. The molecule has 0 aliphatic carbocycles. The van der Waals surface area contributed by atoms with Gasteiger partial charge >= 0.3 is 10.1 Å². The van der Waals surface area contributed by atoms with Crippen molar-refractivity contribution in [3.63, 3.8) is 0 Å². The third kappa shape index (κ3) is 2.57. The van der Waals surface area contributed by atoms with Crippen LogP contribution in [-0.2, 0) is 10.1 Å². The molecule has 17 heavy (non-hydrogen) atoms. The van der Waals surface area contributed by atoms with Gasteiger partial charge in [0.05, 0.1) is 10.0 Å². The predicted octanol–water partition coefficient (Wildman–Crippen LogP) is 3.09. The maximum Gasteiger partial charge on any atom is 0.343 e. The van der Waals surface area contributed by atoms with Crippen LogP contribution in [0.25, 0.3) is 0 Å². The van der Waals surface area contributed by atoms with Gasteiger partial charge < -0.3 is 9.17 Å². The molecule has 0 saturated carbocycles. The molecule has 0 fully saturated rings. The Morgan fingerprint density at radius 3 is 2.24 bits per heavy atom. The molecular formula is C10H7Cl2NO3S. The first-order chi connectivity index (χ1) is 8.00. The molecule has 0 unspecified atom stereocenters. The first-order valence-electron chi connectivity index (χ1n) is 4.52. The van der Waals surface area contributed by atoms with Crippen LogP contribution in [0.3, 0.4) is 0 Å². The van der Waals surface area contributed by atoms with Crippen LogP contribution in [0, 0.1) is 0 Å². The maximum absolute atomic E-state index is 11.9. The van der Waals surface area contributed by atoms with Crippen molar-refractivity contribution in [2.75, 3.05) is 0 Å². The average molecular weight is 292 g/mol. The van der Waals surface area contributed by atoms with Gasteiger partial charge in [0, 0.05) is 12.3 Å². The fraction of sp³-hybridized carbons (Fsp3) is 0. The van der Waals surface area contributed by atoms with Gasteiger partial charge in [-0.25, -0.2) is 0 Å². The topological polar surface area (TPSA) is 59.2 Å². The van der Waals surface area contributed by atoms with Crippen LogP contribution in [0.1, 0.15) is 0 Å². The minimum atomic E-state index is -4.04. The van der Waals surface area contributed by atoms with E-state index >= 15 is 0 Å². The van der Waals surface area contributed by atoms with Crippen molar-refractivity contribution < 1.29 is 12.6 Å². The lowest BCUT2D eigenvalue weighted by Crippen LogP contribution is -2.11. The summed E-state index contributed by atoms with van der Waals surface area (Å²) in [5.74, 6) is 0.0981. The molecule has 7 heteroatoms. The van der Waals surface area contributed by atoms with Gasteiger partial charge in [-0.2, -0.15) is 8.42 Å². The Hall–Kier alpha value is -1.17. The molecule has 0 bridgehead atoms. The Bertz CT molecular complexity index is 603. The second kappa shape index (κ2) is 4.60. The van der Waals surface area contributed by atoms with Crippen LogP contribution in [-0.4, -0.2) is 13.4 Å². The molecule has 1 aromatic heterocycles. The summed E-state index contributed by atoms with van der Waals surface area (Å²) in [6.07, 6.45) is 1.54. The molecule has 0 spiro atoms. The molecule has 0 aliphatic heterocycles. The minimum Gasteiger partial charge on any atom is -0.360 e. The number of benzene rings is 1. The average Bonchev–Trinajstić information content (AvgIpc) is 2.68. The highest BCUT2D eigenvalue weighted by Gasteiger charge is 2.24. The molecule has 0 amide bonds. The lowest BCUT2D eigenvalue weighted by Gasteiger charge is -2.08. The van der Waals surface area contributed by atoms with E-state index in [1.807, 2.05) is 0 Å². The van der Waals surface area contributed by atoms with Crippen molar-refractivity contribution >= 4 is 33.3 Å². The first-order valence-corrected chi connectivity index (χ1v) is 6.69. The number of aromatic nitrogens is 1. The van der Waals surface area contributed by atoms with Crippen molar-refractivity contribution in [2.45, 2.75) is 4.90 Å². The van der Waals surface area contributed by atoms with Crippen molar-refractivity contribution in [1.29, 1.82) is 0 Å². The Balaban J connectivity index is 2.45. The van der Waals surface area contributed by atoms with E-state index in [1.54, 1.807) is 18.3 Å². The van der Waals surface area contributed by atoms with Gasteiger partial charge in [0.1, 0.15) is 4.90 Å². The molecular weight excluding hydrogens is 285 g/mol. The Kier molecular flexibility index (Phi) is 3.33. The molecule has 2 rings (SSSR count). The number of rotatable bonds is 3. The van der Waals surface area contributed by atoms with E-state index in [-0.39, 0.29) is 20.8 Å². The summed E-state index contributed by atoms with van der Waals surface area (Å²) < 4.78 is 28.7. The quantitative estimate of drug-likeness (QED) is 0.884. The van der Waals surface area contributed by atoms with Gasteiger partial charge in [0.25, 0.3) is 0 Å². The zero-order valence-electron chi connectivity index (χ0n) is 8.35. The highest BCUT2D eigenvalue weighted by molar-refractivity contribution is 7.87. The SMILES string of the molecule is O=S(=O)(Oc1ccc[nH]1)c1c(Cl)cccc1Cl. The van der Waals surface area contributed by atoms with E-state index in [2.05, 4.69) is 4.98 Å². The van der Waals surface area contributed by atoms with E-state index in [1.165, 1.54) is 18.2 Å². The van der Waals surface area contributed by atoms with Gasteiger partial charge in [-0.15, -0.1) is 0 Å². The maximum atomic E-state index is 11.9. The fourth-order valence-corrected chi connectivity index (χ4v) is 3.25. The van der Waals surface area contributed by atoms with Crippen LogP contribution in [0.15, 0.2) is 41.4 Å². The molecule has 1 N–H and O–H groups in total. The van der Waals surface area contributed by atoms with Crippen LogP contribution in [0.4, 0.5) is 0 Å². The normalized spacial score (nSPS) is 11.4. The number of hydrogen-bond acceptors (Lipinski definition) is 3. The number of H-pyrrole nitrogens is 1. The minimum absolute atomic E-state index is 0.0176. The zero-order chi connectivity index (χ0) is 12.5. The monoisotopic (exact) mass is 291 g/mol. The molecule has 0 saturated heterocycles. The van der Waals surface area contributed by atoms with Crippen LogP contribution >= 0.6 is 23.2 Å². The summed E-state index contributed by atoms with van der Waals surface area (Å²) in [5, 5.41) is 0.0353. The predicted molar refractivity (Wildman–Crippen MR) is 65.1 cm³/mol. The number of nitrogens with one attached hydrogen (secondary N) is 1. The van der Waals surface area contributed by atoms with Crippen molar-refractivity contribution in [2.24, 2.45) is 0 Å². The third-order valence-electron chi connectivity index (χ3n) is 1.94. The van der Waals surface area contributed by atoms with Crippen molar-refractivity contribution in [3.05, 3.63) is 46.6 Å². The van der Waals surface area contributed by atoms with Gasteiger partial charge in [0.15, 0.2) is 0 Å². The van der Waals surface area contributed by atoms with E-state index in [0.29, 0.717) is 0 Å². The molecule has 1 aromatic carbocycles. The lowest BCUT2D eigenvalue weighted by atomic mass is 10.4. The van der Waals surface area contributed by atoms with Crippen molar-refractivity contribution in [3.8, 4) is 5.88 Å². The van der Waals surface area contributed by atoms with E-state index in [0.717, 1.165) is 0 Å². The number of halogens is 2. The lowest BCUT2D eigenvalue weighted by molar-refractivity contribution is 0.478. The molecule has 0 radical (unpaired) electrons. The Morgan fingerprint density at radius 2 is 1.71 bits per heavy atom. The smallest absolute Gasteiger partial charge is 0.343 e. The van der Waals surface area contributed by atoms with E-state index < -0.39 is 10.1 Å². The second-order valence-corrected chi connectivity index (χ2v) is 5.42. The van der Waals surface area contributed by atoms with Crippen LogP contribution in [0.5, 0.6) is 5.88 Å². The first kappa shape index (κ1) is 12.3. The molecule has 90 valence electrons. The highest BCUT2D eigenvalue weighted by Crippen LogP contribution is 2.30. The summed E-state index contributed by atoms with van der Waals surface area (Å²) in [6, 6.07) is 7.50. The second-order valence-electron chi connectivity index (χ2n) is 3.12. The van der Waals surface area contributed by atoms with Gasteiger partial charge in [0.2, 0.25) is 5.88 Å². The standard InChI is InChI=1S/C10H7Cl2NO3S/c11-7-3-1-4-8(12)10(7)17(14,15)16-9-5-2-6-13-9/h1-6,13H. The number of hydrogen-bond donors (Lipinski definition) is 1. The number of aromatic amines is 1. The summed E-state index contributed by atoms with van der Waals surface area (Å²) in [6.45, 7) is 0. The summed E-state index contributed by atoms with van der Waals surface area (Å²) in [7, 11) is -4.04. The molecule has 0 atom stereocenters. The zero-order valence-corrected chi connectivity index (χ0v) is 10.7. The van der Waals surface area contributed by atoms with E-state index in [9.17, 15) is 8.42 Å². The summed E-state index contributed by atoms with van der Waals surface area (Å²) in [4.78, 5) is 2.38. The van der Waals surface area contributed by atoms with Gasteiger partial charge in [-0.1, -0.05) is 29.3 Å². The van der Waals surface area contributed by atoms with Crippen LogP contribution in [0.2, 0.25) is 10.0 Å². The largest absolute Gasteiger partial charge is 0.360 e. The summed E-state index contributed by atoms with van der Waals surface area (Å²) >= 11 is 11.6. The van der Waals surface area contributed by atoms with E-state index in [4.69, 9.17) is 27.4 Å². The van der Waals surface area contributed by atoms with Gasteiger partial charge in [-0.3, -0.25) is 0 Å². The molecule has 0 aliphatic rings. The highest BCUT2D eigenvalue weighted by atomic mass is 35.5. The van der Waals surface area contributed by atoms with Crippen molar-refractivity contribution in [1.82, 2.24) is 4.98 Å². The van der Waals surface area contributed by atoms with Gasteiger partial charge in [-0.05, 0) is 18.2 Å². The molecule has 1 heterocycles. The molecule has 4 nitrogen and oxygen atoms in total. The molecule has 2 aromatic rings. The fourth-order valence-electron chi connectivity index (χ4n) is 1.25. The van der Waals surface area contributed by atoms with Crippen LogP contribution < -0.4 is 4.18 Å². The summed E-state index contributed by atoms with van der Waals surface area (Å²) in [5.41, 5.74) is 0. The Morgan fingerprint density at radius 1 is 1.06 bits per heavy atom. The Labute approximate surface area is 108 Å².